The number of nitrogens with zero attached hydrogens (tertiary/aromatic N) is 1. The van der Waals surface area contributed by atoms with E-state index in [1.54, 1.807) is 0 Å². The largest absolute Gasteiger partial charge is 0.436 e. The lowest BCUT2D eigenvalue weighted by Gasteiger charge is -2.22. The normalized spacial score (nSPS) is 16.9. The Labute approximate surface area is 142 Å². The second-order valence-corrected chi connectivity index (χ2v) is 5.56. The van der Waals surface area contributed by atoms with Crippen LogP contribution < -0.4 is 15.4 Å². The molecule has 1 atom stereocenters. The Hall–Kier alpha value is -3.03. The first kappa shape index (κ1) is 16.8. The predicted octanol–water partition coefficient (Wildman–Crippen LogP) is 2.76. The number of pyridine rings is 1. The average Bonchev–Trinajstić information content (AvgIpc) is 2.59. The predicted molar refractivity (Wildman–Crippen MR) is 85.1 cm³/mol. The first-order valence-electron chi connectivity index (χ1n) is 7.70. The number of ether oxygens (including phenoxy) is 1. The van der Waals surface area contributed by atoms with Crippen molar-refractivity contribution in [2.45, 2.75) is 25.3 Å². The van der Waals surface area contributed by atoms with E-state index in [4.69, 9.17) is 4.74 Å². The number of halogens is 2. The molecule has 8 heteroatoms. The molecule has 130 valence electrons. The van der Waals surface area contributed by atoms with Crippen LogP contribution in [0, 0.1) is 11.6 Å². The van der Waals surface area contributed by atoms with Gasteiger partial charge in [-0.3, -0.25) is 9.59 Å². The molecule has 2 aromatic rings. The van der Waals surface area contributed by atoms with Gasteiger partial charge in [0.25, 0.3) is 0 Å². The molecule has 0 saturated carbocycles. The smallest absolute Gasteiger partial charge is 0.246 e. The van der Waals surface area contributed by atoms with E-state index in [0.717, 1.165) is 12.1 Å². The molecule has 0 unspecified atom stereocenters. The highest BCUT2D eigenvalue weighted by Gasteiger charge is 2.24. The van der Waals surface area contributed by atoms with Crippen LogP contribution in [0.2, 0.25) is 0 Å². The van der Waals surface area contributed by atoms with Gasteiger partial charge >= 0.3 is 0 Å². The Bertz CT molecular complexity index is 796. The molecule has 1 aromatic heterocycles. The summed E-state index contributed by atoms with van der Waals surface area (Å²) in [4.78, 5) is 27.4. The summed E-state index contributed by atoms with van der Waals surface area (Å²) in [5.41, 5.74) is 0.414. The molecule has 0 aliphatic carbocycles. The third kappa shape index (κ3) is 4.28. The van der Waals surface area contributed by atoms with E-state index < -0.39 is 17.7 Å². The van der Waals surface area contributed by atoms with Crippen LogP contribution in [0.25, 0.3) is 0 Å². The molecule has 6 nitrogen and oxygen atoms in total. The summed E-state index contributed by atoms with van der Waals surface area (Å²) in [5, 5.41) is 5.27. The number of carbonyl (C=O) groups excluding carboxylic acids is 2. The van der Waals surface area contributed by atoms with Gasteiger partial charge in [0, 0.05) is 18.6 Å². The van der Waals surface area contributed by atoms with Gasteiger partial charge in [0.05, 0.1) is 11.9 Å². The zero-order chi connectivity index (χ0) is 17.8. The maximum atomic E-state index is 13.5. The third-order valence-electron chi connectivity index (χ3n) is 3.66. The molecule has 0 radical (unpaired) electrons. The van der Waals surface area contributed by atoms with Gasteiger partial charge in [0.15, 0.2) is 11.6 Å². The maximum Gasteiger partial charge on any atom is 0.246 e. The van der Waals surface area contributed by atoms with Crippen LogP contribution in [0.4, 0.5) is 14.5 Å². The Morgan fingerprint density at radius 2 is 2.12 bits per heavy atom. The van der Waals surface area contributed by atoms with Crippen LogP contribution in [0.15, 0.2) is 36.5 Å². The first-order valence-corrected chi connectivity index (χ1v) is 7.70. The van der Waals surface area contributed by atoms with Crippen molar-refractivity contribution in [2.75, 3.05) is 5.32 Å². The van der Waals surface area contributed by atoms with Gasteiger partial charge in [-0.2, -0.15) is 0 Å². The SMILES string of the molecule is O=C1CCC[C@H](C(=O)Nc2ccc(Oc3ccc(F)cc3F)nc2)N1. The minimum Gasteiger partial charge on any atom is -0.436 e. The van der Waals surface area contributed by atoms with Crippen molar-refractivity contribution in [3.63, 3.8) is 0 Å². The van der Waals surface area contributed by atoms with E-state index in [1.165, 1.54) is 18.3 Å². The summed E-state index contributed by atoms with van der Waals surface area (Å²) in [7, 11) is 0. The minimum absolute atomic E-state index is 0.0921. The number of hydrogen-bond acceptors (Lipinski definition) is 4. The highest BCUT2D eigenvalue weighted by Crippen LogP contribution is 2.24. The zero-order valence-corrected chi connectivity index (χ0v) is 13.1. The number of anilines is 1. The highest BCUT2D eigenvalue weighted by molar-refractivity contribution is 5.97. The summed E-state index contributed by atoms with van der Waals surface area (Å²) in [6.07, 6.45) is 3.02. The fraction of sp³-hybridized carbons (Fsp3) is 0.235. The van der Waals surface area contributed by atoms with Crippen LogP contribution in [-0.2, 0) is 9.59 Å². The van der Waals surface area contributed by atoms with E-state index in [-0.39, 0.29) is 23.4 Å². The summed E-state index contributed by atoms with van der Waals surface area (Å²) < 4.78 is 31.6. The lowest BCUT2D eigenvalue weighted by Crippen LogP contribution is -2.46. The van der Waals surface area contributed by atoms with Gasteiger partial charge < -0.3 is 15.4 Å². The summed E-state index contributed by atoms with van der Waals surface area (Å²) in [5.74, 6) is -2.08. The van der Waals surface area contributed by atoms with E-state index in [0.29, 0.717) is 31.0 Å². The molecule has 25 heavy (non-hydrogen) atoms. The Morgan fingerprint density at radius 1 is 1.28 bits per heavy atom. The van der Waals surface area contributed by atoms with Crippen molar-refractivity contribution in [3.05, 3.63) is 48.2 Å². The molecule has 2 N–H and O–H groups in total. The van der Waals surface area contributed by atoms with E-state index in [9.17, 15) is 18.4 Å². The zero-order valence-electron chi connectivity index (χ0n) is 13.1. The maximum absolute atomic E-state index is 13.5. The van der Waals surface area contributed by atoms with E-state index >= 15 is 0 Å². The van der Waals surface area contributed by atoms with E-state index in [1.807, 2.05) is 0 Å². The van der Waals surface area contributed by atoms with Crippen molar-refractivity contribution in [2.24, 2.45) is 0 Å². The van der Waals surface area contributed by atoms with Crippen LogP contribution in [0.5, 0.6) is 11.6 Å². The second-order valence-electron chi connectivity index (χ2n) is 5.56. The quantitative estimate of drug-likeness (QED) is 0.891. The topological polar surface area (TPSA) is 80.3 Å². The van der Waals surface area contributed by atoms with Crippen LogP contribution in [-0.4, -0.2) is 22.8 Å². The van der Waals surface area contributed by atoms with Crippen molar-refractivity contribution in [3.8, 4) is 11.6 Å². The summed E-state index contributed by atoms with van der Waals surface area (Å²) in [6.45, 7) is 0. The van der Waals surface area contributed by atoms with Gasteiger partial charge in [-0.05, 0) is 31.0 Å². The molecule has 0 spiro atoms. The number of aromatic nitrogens is 1. The average molecular weight is 347 g/mol. The number of amides is 2. The Morgan fingerprint density at radius 3 is 2.80 bits per heavy atom. The van der Waals surface area contributed by atoms with Gasteiger partial charge in [-0.1, -0.05) is 0 Å². The van der Waals surface area contributed by atoms with Crippen LogP contribution >= 0.6 is 0 Å². The number of benzene rings is 1. The monoisotopic (exact) mass is 347 g/mol. The fourth-order valence-corrected chi connectivity index (χ4v) is 2.42. The molecular formula is C17H15F2N3O3. The number of hydrogen-bond donors (Lipinski definition) is 2. The van der Waals surface area contributed by atoms with Crippen LogP contribution in [0.3, 0.4) is 0 Å². The van der Waals surface area contributed by atoms with Crippen LogP contribution in [0.1, 0.15) is 19.3 Å². The van der Waals surface area contributed by atoms with Crippen molar-refractivity contribution < 1.29 is 23.1 Å². The molecule has 1 aromatic carbocycles. The molecular weight excluding hydrogens is 332 g/mol. The molecule has 1 aliphatic heterocycles. The van der Waals surface area contributed by atoms with E-state index in [2.05, 4.69) is 15.6 Å². The summed E-state index contributed by atoms with van der Waals surface area (Å²) in [6, 6.07) is 5.36. The Balaban J connectivity index is 1.62. The first-order chi connectivity index (χ1) is 12.0. The molecule has 1 fully saturated rings. The number of carbonyl (C=O) groups is 2. The molecule has 0 bridgehead atoms. The number of nitrogens with one attached hydrogen (secondary N) is 2. The fourth-order valence-electron chi connectivity index (χ4n) is 2.42. The van der Waals surface area contributed by atoms with Crippen molar-refractivity contribution in [1.29, 1.82) is 0 Å². The molecule has 1 saturated heterocycles. The van der Waals surface area contributed by atoms with Gasteiger partial charge in [0.2, 0.25) is 17.7 Å². The highest BCUT2D eigenvalue weighted by atomic mass is 19.1. The molecule has 2 heterocycles. The minimum atomic E-state index is -0.841. The number of rotatable bonds is 4. The van der Waals surface area contributed by atoms with Gasteiger partial charge in [-0.25, -0.2) is 13.8 Å². The molecule has 2 amide bonds. The number of piperidine rings is 1. The van der Waals surface area contributed by atoms with Crippen molar-refractivity contribution in [1.82, 2.24) is 10.3 Å². The van der Waals surface area contributed by atoms with Gasteiger partial charge in [0.1, 0.15) is 11.9 Å². The second kappa shape index (κ2) is 7.25. The Kier molecular flexibility index (Phi) is 4.87. The molecule has 3 rings (SSSR count). The summed E-state index contributed by atoms with van der Waals surface area (Å²) >= 11 is 0. The lowest BCUT2D eigenvalue weighted by atomic mass is 10.0. The standard InChI is InChI=1S/C17H15F2N3O3/c18-10-4-6-14(12(19)8-10)25-16-7-5-11(9-20-16)21-17(24)13-2-1-3-15(23)22-13/h4-9,13H,1-3H2,(H,21,24)(H,22,23)/t13-/m1/s1. The third-order valence-corrected chi connectivity index (χ3v) is 3.66. The van der Waals surface area contributed by atoms with Gasteiger partial charge in [-0.15, -0.1) is 0 Å². The van der Waals surface area contributed by atoms with Crippen molar-refractivity contribution >= 4 is 17.5 Å². The lowest BCUT2D eigenvalue weighted by molar-refractivity contribution is -0.128. The molecule has 1 aliphatic rings.